The van der Waals surface area contributed by atoms with Crippen molar-refractivity contribution in [3.05, 3.63) is 53.7 Å². The topological polar surface area (TPSA) is 51.8 Å². The van der Waals surface area contributed by atoms with Gasteiger partial charge in [0.15, 0.2) is 0 Å². The van der Waals surface area contributed by atoms with E-state index in [0.717, 1.165) is 12.1 Å². The number of anilines is 1. The Morgan fingerprint density at radius 1 is 0.929 bits per heavy atom. The maximum Gasteiger partial charge on any atom is 0.146 e. The van der Waals surface area contributed by atoms with Gasteiger partial charge in [-0.05, 0) is 17.7 Å². The van der Waals surface area contributed by atoms with E-state index in [2.05, 4.69) is 22.3 Å². The summed E-state index contributed by atoms with van der Waals surface area (Å²) in [6, 6.07) is 13.8. The number of aromatic nitrogens is 2. The fraction of sp³-hybridized carbons (Fsp3) is 0.0909. The second kappa shape index (κ2) is 3.87. The smallest absolute Gasteiger partial charge is 0.146 e. The molecule has 1 aromatic carbocycles. The van der Waals surface area contributed by atoms with Gasteiger partial charge in [0.05, 0.1) is 5.69 Å². The van der Waals surface area contributed by atoms with Gasteiger partial charge in [0.1, 0.15) is 5.82 Å². The number of nitrogens with two attached hydrogens (primary N) is 1. The van der Waals surface area contributed by atoms with Crippen LogP contribution in [-0.4, -0.2) is 10.2 Å². The molecule has 0 aliphatic rings. The number of hydrogen-bond donors (Lipinski definition) is 1. The molecule has 0 aliphatic heterocycles. The van der Waals surface area contributed by atoms with Gasteiger partial charge >= 0.3 is 0 Å². The average Bonchev–Trinajstić information content (AvgIpc) is 2.23. The van der Waals surface area contributed by atoms with Gasteiger partial charge in [-0.25, -0.2) is 0 Å². The van der Waals surface area contributed by atoms with Crippen LogP contribution in [0.4, 0.5) is 5.82 Å². The molecule has 0 spiro atoms. The van der Waals surface area contributed by atoms with Crippen molar-refractivity contribution in [3.63, 3.8) is 0 Å². The quantitative estimate of drug-likeness (QED) is 0.774. The van der Waals surface area contributed by atoms with E-state index in [9.17, 15) is 0 Å². The summed E-state index contributed by atoms with van der Waals surface area (Å²) in [5.41, 5.74) is 7.61. The number of rotatable bonds is 2. The first-order chi connectivity index (χ1) is 6.84. The molecule has 1 heterocycles. The lowest BCUT2D eigenvalue weighted by molar-refractivity contribution is 0.945. The fourth-order valence-corrected chi connectivity index (χ4v) is 1.27. The molecule has 2 aromatic rings. The Bertz CT molecular complexity index is 395. The van der Waals surface area contributed by atoms with E-state index < -0.39 is 0 Å². The molecule has 0 aliphatic carbocycles. The average molecular weight is 185 g/mol. The van der Waals surface area contributed by atoms with Crippen LogP contribution in [0, 0.1) is 0 Å². The monoisotopic (exact) mass is 185 g/mol. The minimum atomic E-state index is 0.460. The predicted octanol–water partition coefficient (Wildman–Crippen LogP) is 1.65. The molecule has 0 saturated heterocycles. The van der Waals surface area contributed by atoms with Crippen LogP contribution in [0.25, 0.3) is 0 Å². The standard InChI is InChI=1S/C11H11N3/c12-11-7-6-10(13-14-11)8-9-4-2-1-3-5-9/h1-7H,8H2,(H2,12,14). The lowest BCUT2D eigenvalue weighted by Crippen LogP contribution is -1.97. The highest BCUT2D eigenvalue weighted by molar-refractivity contribution is 5.28. The molecule has 14 heavy (non-hydrogen) atoms. The van der Waals surface area contributed by atoms with E-state index in [4.69, 9.17) is 5.73 Å². The maximum absolute atomic E-state index is 5.45. The van der Waals surface area contributed by atoms with Crippen LogP contribution in [0.5, 0.6) is 0 Å². The number of hydrogen-bond acceptors (Lipinski definition) is 3. The van der Waals surface area contributed by atoms with Crippen molar-refractivity contribution in [1.29, 1.82) is 0 Å². The lowest BCUT2D eigenvalue weighted by Gasteiger charge is -1.99. The molecule has 2 rings (SSSR count). The highest BCUT2D eigenvalue weighted by atomic mass is 15.1. The zero-order valence-electron chi connectivity index (χ0n) is 7.72. The molecule has 1 aromatic heterocycles. The van der Waals surface area contributed by atoms with Gasteiger partial charge in [0.25, 0.3) is 0 Å². The highest BCUT2D eigenvalue weighted by Gasteiger charge is 1.97. The highest BCUT2D eigenvalue weighted by Crippen LogP contribution is 2.06. The zero-order chi connectivity index (χ0) is 9.80. The Kier molecular flexibility index (Phi) is 2.40. The fourth-order valence-electron chi connectivity index (χ4n) is 1.27. The summed E-state index contributed by atoms with van der Waals surface area (Å²) in [5, 5.41) is 7.80. The molecule has 70 valence electrons. The molecule has 2 N–H and O–H groups in total. The first-order valence-electron chi connectivity index (χ1n) is 4.46. The Morgan fingerprint density at radius 3 is 2.36 bits per heavy atom. The summed E-state index contributed by atoms with van der Waals surface area (Å²) in [7, 11) is 0. The minimum Gasteiger partial charge on any atom is -0.382 e. The number of nitrogens with zero attached hydrogens (tertiary/aromatic N) is 2. The maximum atomic E-state index is 5.45. The van der Waals surface area contributed by atoms with Crippen molar-refractivity contribution in [1.82, 2.24) is 10.2 Å². The summed E-state index contributed by atoms with van der Waals surface area (Å²) in [6.45, 7) is 0. The van der Waals surface area contributed by atoms with Crippen molar-refractivity contribution >= 4 is 5.82 Å². The van der Waals surface area contributed by atoms with E-state index in [1.807, 2.05) is 24.3 Å². The van der Waals surface area contributed by atoms with Crippen LogP contribution in [-0.2, 0) is 6.42 Å². The van der Waals surface area contributed by atoms with Gasteiger partial charge in [-0.1, -0.05) is 30.3 Å². The minimum absolute atomic E-state index is 0.460. The molecule has 0 saturated carbocycles. The number of benzene rings is 1. The number of nitrogen functional groups attached to an aromatic ring is 1. The molecular weight excluding hydrogens is 174 g/mol. The van der Waals surface area contributed by atoms with E-state index in [1.165, 1.54) is 5.56 Å². The Hall–Kier alpha value is -1.90. The van der Waals surface area contributed by atoms with Gasteiger partial charge < -0.3 is 5.73 Å². The molecule has 3 heteroatoms. The molecule has 0 atom stereocenters. The largest absolute Gasteiger partial charge is 0.382 e. The van der Waals surface area contributed by atoms with Crippen molar-refractivity contribution in [2.75, 3.05) is 5.73 Å². The summed E-state index contributed by atoms with van der Waals surface area (Å²) in [5.74, 6) is 0.460. The first-order valence-corrected chi connectivity index (χ1v) is 4.46. The zero-order valence-corrected chi connectivity index (χ0v) is 7.72. The SMILES string of the molecule is Nc1ccc(Cc2ccccc2)nn1. The van der Waals surface area contributed by atoms with Crippen LogP contribution in [0.3, 0.4) is 0 Å². The Labute approximate surface area is 82.6 Å². The molecule has 0 radical (unpaired) electrons. The second-order valence-electron chi connectivity index (χ2n) is 3.11. The van der Waals surface area contributed by atoms with Gasteiger partial charge in [0, 0.05) is 6.42 Å². The van der Waals surface area contributed by atoms with Crippen LogP contribution < -0.4 is 5.73 Å². The summed E-state index contributed by atoms with van der Waals surface area (Å²) in [6.07, 6.45) is 0.800. The van der Waals surface area contributed by atoms with E-state index in [-0.39, 0.29) is 0 Å². The van der Waals surface area contributed by atoms with Crippen molar-refractivity contribution in [2.24, 2.45) is 0 Å². The Morgan fingerprint density at radius 2 is 1.71 bits per heavy atom. The molecule has 0 amide bonds. The Balaban J connectivity index is 2.16. The van der Waals surface area contributed by atoms with Crippen LogP contribution in [0.1, 0.15) is 11.3 Å². The van der Waals surface area contributed by atoms with Gasteiger partial charge in [0.2, 0.25) is 0 Å². The van der Waals surface area contributed by atoms with Gasteiger partial charge in [-0.15, -0.1) is 5.10 Å². The third-order valence-electron chi connectivity index (χ3n) is 1.97. The van der Waals surface area contributed by atoms with Crippen LogP contribution in [0.2, 0.25) is 0 Å². The van der Waals surface area contributed by atoms with Crippen molar-refractivity contribution < 1.29 is 0 Å². The van der Waals surface area contributed by atoms with Gasteiger partial charge in [-0.2, -0.15) is 5.10 Å². The molecular formula is C11H11N3. The summed E-state index contributed by atoms with van der Waals surface area (Å²) < 4.78 is 0. The molecule has 0 fully saturated rings. The van der Waals surface area contributed by atoms with E-state index >= 15 is 0 Å². The molecule has 3 nitrogen and oxygen atoms in total. The summed E-state index contributed by atoms with van der Waals surface area (Å²) in [4.78, 5) is 0. The van der Waals surface area contributed by atoms with Crippen LogP contribution in [0.15, 0.2) is 42.5 Å². The predicted molar refractivity (Wildman–Crippen MR) is 55.7 cm³/mol. The third kappa shape index (κ3) is 2.07. The first kappa shape index (κ1) is 8.69. The molecule has 0 unspecified atom stereocenters. The van der Waals surface area contributed by atoms with E-state index in [1.54, 1.807) is 6.07 Å². The van der Waals surface area contributed by atoms with Crippen molar-refractivity contribution in [3.8, 4) is 0 Å². The summed E-state index contributed by atoms with van der Waals surface area (Å²) >= 11 is 0. The van der Waals surface area contributed by atoms with Crippen LogP contribution >= 0.6 is 0 Å². The lowest BCUT2D eigenvalue weighted by atomic mass is 10.1. The van der Waals surface area contributed by atoms with Crippen molar-refractivity contribution in [2.45, 2.75) is 6.42 Å². The molecule has 0 bridgehead atoms. The third-order valence-corrected chi connectivity index (χ3v) is 1.97. The van der Waals surface area contributed by atoms with Gasteiger partial charge in [-0.3, -0.25) is 0 Å². The van der Waals surface area contributed by atoms with E-state index in [0.29, 0.717) is 5.82 Å². The normalized spacial score (nSPS) is 10.0. The second-order valence-corrected chi connectivity index (χ2v) is 3.11.